The molecule has 0 radical (unpaired) electrons. The Morgan fingerprint density at radius 2 is 1.96 bits per heavy atom. The highest BCUT2D eigenvalue weighted by Crippen LogP contribution is 2.30. The van der Waals surface area contributed by atoms with Crippen molar-refractivity contribution >= 4 is 39.8 Å². The van der Waals surface area contributed by atoms with Gasteiger partial charge in [-0.1, -0.05) is 17.7 Å². The summed E-state index contributed by atoms with van der Waals surface area (Å²) in [4.78, 5) is 24.4. The lowest BCUT2D eigenvalue weighted by atomic mass is 10.1. The second kappa shape index (κ2) is 6.50. The third kappa shape index (κ3) is 2.61. The highest BCUT2D eigenvalue weighted by atomic mass is 35.5. The molecule has 1 aromatic carbocycles. The zero-order valence-electron chi connectivity index (χ0n) is 14.9. The van der Waals surface area contributed by atoms with Gasteiger partial charge in [-0.15, -0.1) is 0 Å². The van der Waals surface area contributed by atoms with Gasteiger partial charge in [-0.2, -0.15) is 4.52 Å². The Kier molecular flexibility index (Phi) is 3.96. The normalized spacial score (nSPS) is 14.8. The summed E-state index contributed by atoms with van der Waals surface area (Å²) >= 11 is 6.20. The van der Waals surface area contributed by atoms with Gasteiger partial charge in [0.15, 0.2) is 5.65 Å². The van der Waals surface area contributed by atoms with Gasteiger partial charge < -0.3 is 16.0 Å². The number of nitrogen functional groups attached to an aromatic ring is 1. The molecule has 1 fully saturated rings. The maximum Gasteiger partial charge on any atom is 0.282 e. The largest absolute Gasteiger partial charge is 0.384 e. The molecule has 1 saturated heterocycles. The van der Waals surface area contributed by atoms with Crippen LogP contribution >= 0.6 is 11.6 Å². The molecule has 4 N–H and O–H groups in total. The molecule has 5 rings (SSSR count). The molecule has 8 nitrogen and oxygen atoms in total. The van der Waals surface area contributed by atoms with E-state index in [0.29, 0.717) is 33.0 Å². The molecule has 1 aliphatic heterocycles. The van der Waals surface area contributed by atoms with Crippen molar-refractivity contribution in [3.05, 3.63) is 51.9 Å². The van der Waals surface area contributed by atoms with E-state index in [1.54, 1.807) is 24.4 Å². The summed E-state index contributed by atoms with van der Waals surface area (Å²) in [6, 6.07) is 9.14. The number of nitrogens with one attached hydrogen (secondary N) is 2. The van der Waals surface area contributed by atoms with Gasteiger partial charge in [0, 0.05) is 37.9 Å². The lowest BCUT2D eigenvalue weighted by Crippen LogP contribution is -2.43. The molecule has 9 heteroatoms. The molecule has 0 bridgehead atoms. The van der Waals surface area contributed by atoms with E-state index >= 15 is 0 Å². The molecule has 4 heterocycles. The first-order valence-electron chi connectivity index (χ1n) is 9.04. The first-order chi connectivity index (χ1) is 13.6. The van der Waals surface area contributed by atoms with Gasteiger partial charge in [-0.25, -0.2) is 9.97 Å². The second-order valence-electron chi connectivity index (χ2n) is 6.75. The first-order valence-corrected chi connectivity index (χ1v) is 9.42. The van der Waals surface area contributed by atoms with Crippen LogP contribution in [-0.2, 0) is 0 Å². The number of anilines is 2. The van der Waals surface area contributed by atoms with Crippen LogP contribution in [0.1, 0.15) is 0 Å². The standard InChI is InChI=1S/C19H18ClN7O/c20-12-2-1-3-13-16(12)19(28)27-18(24-13)15(17(21)25-27)11-4-5-14(23-10-11)26-8-6-22-7-9-26/h1-5,10,22,25H,6-9,21H2. The van der Waals surface area contributed by atoms with E-state index in [9.17, 15) is 4.79 Å². The Balaban J connectivity index is 1.65. The summed E-state index contributed by atoms with van der Waals surface area (Å²) in [6.07, 6.45) is 1.77. The molecular formula is C19H18ClN7O. The zero-order chi connectivity index (χ0) is 19.3. The van der Waals surface area contributed by atoms with Gasteiger partial charge in [0.05, 0.1) is 21.5 Å². The number of fused-ring (bicyclic) bond motifs is 2. The van der Waals surface area contributed by atoms with Crippen LogP contribution in [0.5, 0.6) is 0 Å². The predicted octanol–water partition coefficient (Wildman–Crippen LogP) is 1.88. The Morgan fingerprint density at radius 1 is 1.14 bits per heavy atom. The summed E-state index contributed by atoms with van der Waals surface area (Å²) in [5, 5.41) is 6.96. The fourth-order valence-corrected chi connectivity index (χ4v) is 3.91. The number of pyridine rings is 1. The van der Waals surface area contributed by atoms with E-state index in [-0.39, 0.29) is 5.56 Å². The Labute approximate surface area is 164 Å². The average Bonchev–Trinajstić information content (AvgIpc) is 3.05. The molecular weight excluding hydrogens is 378 g/mol. The van der Waals surface area contributed by atoms with E-state index in [4.69, 9.17) is 17.3 Å². The van der Waals surface area contributed by atoms with Gasteiger partial charge in [0.1, 0.15) is 11.6 Å². The molecule has 0 unspecified atom stereocenters. The van der Waals surface area contributed by atoms with Crippen molar-refractivity contribution in [3.8, 4) is 11.1 Å². The SMILES string of the molecule is Nc1[nH]n2c(=O)c3c(Cl)cccc3nc2c1-c1ccc(N2CCNCC2)nc1. The number of benzene rings is 1. The number of hydrogen-bond donors (Lipinski definition) is 3. The Morgan fingerprint density at radius 3 is 2.71 bits per heavy atom. The molecule has 0 saturated carbocycles. The fourth-order valence-electron chi connectivity index (χ4n) is 3.66. The molecule has 4 aromatic rings. The van der Waals surface area contributed by atoms with Crippen molar-refractivity contribution in [1.29, 1.82) is 0 Å². The van der Waals surface area contributed by atoms with E-state index in [1.165, 1.54) is 4.52 Å². The molecule has 0 atom stereocenters. The van der Waals surface area contributed by atoms with Gasteiger partial charge in [0.2, 0.25) is 0 Å². The summed E-state index contributed by atoms with van der Waals surface area (Å²) in [7, 11) is 0. The quantitative estimate of drug-likeness (QED) is 0.478. The Bertz CT molecular complexity index is 1240. The van der Waals surface area contributed by atoms with Crippen LogP contribution in [0.3, 0.4) is 0 Å². The monoisotopic (exact) mass is 395 g/mol. The lowest BCUT2D eigenvalue weighted by Gasteiger charge is -2.28. The molecule has 3 aromatic heterocycles. The van der Waals surface area contributed by atoms with E-state index in [2.05, 4.69) is 25.3 Å². The minimum absolute atomic E-state index is 0.283. The van der Waals surface area contributed by atoms with E-state index in [0.717, 1.165) is 37.6 Å². The molecule has 0 aliphatic carbocycles. The molecule has 0 amide bonds. The van der Waals surface area contributed by atoms with Crippen LogP contribution in [0, 0.1) is 0 Å². The van der Waals surface area contributed by atoms with Gasteiger partial charge in [-0.3, -0.25) is 9.89 Å². The average molecular weight is 396 g/mol. The molecule has 142 valence electrons. The minimum atomic E-state index is -0.283. The van der Waals surface area contributed by atoms with Crippen LogP contribution < -0.4 is 21.5 Å². The van der Waals surface area contributed by atoms with Crippen LogP contribution in [0.25, 0.3) is 27.7 Å². The number of nitrogens with zero attached hydrogens (tertiary/aromatic N) is 4. The molecule has 28 heavy (non-hydrogen) atoms. The summed E-state index contributed by atoms with van der Waals surface area (Å²) in [5.41, 5.74) is 8.35. The number of piperazine rings is 1. The number of rotatable bonds is 2. The van der Waals surface area contributed by atoms with Crippen molar-refractivity contribution in [2.24, 2.45) is 0 Å². The van der Waals surface area contributed by atoms with Crippen LogP contribution in [0.4, 0.5) is 11.6 Å². The van der Waals surface area contributed by atoms with Gasteiger partial charge >= 0.3 is 0 Å². The Hall–Kier alpha value is -3.10. The molecule has 1 aliphatic rings. The van der Waals surface area contributed by atoms with Crippen molar-refractivity contribution in [1.82, 2.24) is 24.9 Å². The smallest absolute Gasteiger partial charge is 0.282 e. The summed E-state index contributed by atoms with van der Waals surface area (Å²) < 4.78 is 1.34. The number of aromatic amines is 1. The first kappa shape index (κ1) is 17.0. The predicted molar refractivity (Wildman–Crippen MR) is 111 cm³/mol. The number of nitrogens with two attached hydrogens (primary N) is 1. The molecule has 0 spiro atoms. The van der Waals surface area contributed by atoms with E-state index in [1.807, 2.05) is 12.1 Å². The third-order valence-corrected chi connectivity index (χ3v) is 5.36. The summed E-state index contributed by atoms with van der Waals surface area (Å²) in [6.45, 7) is 3.74. The van der Waals surface area contributed by atoms with Crippen molar-refractivity contribution in [2.45, 2.75) is 0 Å². The third-order valence-electron chi connectivity index (χ3n) is 5.05. The van der Waals surface area contributed by atoms with E-state index < -0.39 is 0 Å². The summed E-state index contributed by atoms with van der Waals surface area (Å²) in [5.74, 6) is 1.28. The number of aromatic nitrogens is 4. The highest BCUT2D eigenvalue weighted by molar-refractivity contribution is 6.35. The number of hydrogen-bond acceptors (Lipinski definition) is 6. The van der Waals surface area contributed by atoms with Crippen molar-refractivity contribution in [2.75, 3.05) is 36.8 Å². The number of halogens is 1. The lowest BCUT2D eigenvalue weighted by molar-refractivity contribution is 0.585. The van der Waals surface area contributed by atoms with Crippen molar-refractivity contribution in [3.63, 3.8) is 0 Å². The fraction of sp³-hybridized carbons (Fsp3) is 0.211. The highest BCUT2D eigenvalue weighted by Gasteiger charge is 2.18. The van der Waals surface area contributed by atoms with Crippen molar-refractivity contribution < 1.29 is 0 Å². The topological polar surface area (TPSA) is 104 Å². The minimum Gasteiger partial charge on any atom is -0.384 e. The zero-order valence-corrected chi connectivity index (χ0v) is 15.7. The number of H-pyrrole nitrogens is 1. The van der Waals surface area contributed by atoms with Gasteiger partial charge in [0.25, 0.3) is 5.56 Å². The maximum atomic E-state index is 12.9. The second-order valence-corrected chi connectivity index (χ2v) is 7.16. The van der Waals surface area contributed by atoms with Crippen LogP contribution in [-0.4, -0.2) is 45.8 Å². The maximum absolute atomic E-state index is 12.9. The van der Waals surface area contributed by atoms with Crippen LogP contribution in [0.15, 0.2) is 41.3 Å². The van der Waals surface area contributed by atoms with Crippen LogP contribution in [0.2, 0.25) is 5.02 Å². The van der Waals surface area contributed by atoms with Gasteiger partial charge in [-0.05, 0) is 24.3 Å².